The van der Waals surface area contributed by atoms with E-state index in [2.05, 4.69) is 41.8 Å². The van der Waals surface area contributed by atoms with Gasteiger partial charge in [0.2, 0.25) is 0 Å². The van der Waals surface area contributed by atoms with Crippen LogP contribution in [0.4, 0.5) is 0 Å². The van der Waals surface area contributed by atoms with Crippen LogP contribution in [0.15, 0.2) is 60.7 Å². The van der Waals surface area contributed by atoms with E-state index in [1.807, 2.05) is 48.5 Å². The lowest BCUT2D eigenvalue weighted by Crippen LogP contribution is -2.47. The summed E-state index contributed by atoms with van der Waals surface area (Å²) < 4.78 is 5.93. The van der Waals surface area contributed by atoms with Crippen LogP contribution in [0.5, 0.6) is 5.75 Å². The first-order valence-corrected chi connectivity index (χ1v) is 12.3. The molecule has 3 rings (SSSR count). The summed E-state index contributed by atoms with van der Waals surface area (Å²) >= 11 is 0. The molecule has 0 N–H and O–H groups in total. The van der Waals surface area contributed by atoms with E-state index in [4.69, 9.17) is 10.00 Å². The molecule has 0 spiro atoms. The van der Waals surface area contributed by atoms with Crippen LogP contribution >= 0.6 is 0 Å². The largest absolute Gasteiger partial charge is 0.492 e. The van der Waals surface area contributed by atoms with Crippen LogP contribution in [0, 0.1) is 28.6 Å². The minimum absolute atomic E-state index is 0.278. The third kappa shape index (κ3) is 6.94. The number of ether oxygens (including phenoxy) is 1. The van der Waals surface area contributed by atoms with Gasteiger partial charge in [-0.05, 0) is 54.6 Å². The van der Waals surface area contributed by atoms with Crippen LogP contribution in [0.25, 0.3) is 6.08 Å². The summed E-state index contributed by atoms with van der Waals surface area (Å²) in [6.45, 7) is 11.1. The lowest BCUT2D eigenvalue weighted by atomic mass is 9.70. The molecule has 0 bridgehead atoms. The summed E-state index contributed by atoms with van der Waals surface area (Å²) in [4.78, 5) is 4.98. The van der Waals surface area contributed by atoms with E-state index in [0.29, 0.717) is 6.61 Å². The zero-order chi connectivity index (χ0) is 24.2. The number of nitrogens with zero attached hydrogens (tertiary/aromatic N) is 4. The molecule has 34 heavy (non-hydrogen) atoms. The third-order valence-corrected chi connectivity index (χ3v) is 6.87. The van der Waals surface area contributed by atoms with E-state index in [-0.39, 0.29) is 5.92 Å². The van der Waals surface area contributed by atoms with Gasteiger partial charge in [0.1, 0.15) is 12.4 Å². The highest BCUT2D eigenvalue weighted by atomic mass is 16.5. The molecule has 0 aliphatic carbocycles. The summed E-state index contributed by atoms with van der Waals surface area (Å²) in [7, 11) is 0. The summed E-state index contributed by atoms with van der Waals surface area (Å²) in [6, 6.07) is 22.8. The van der Waals surface area contributed by atoms with Gasteiger partial charge in [-0.2, -0.15) is 10.5 Å². The molecular formula is C29H36N4O. The SMILES string of the molecule is CC(C)C(C#N)(CCCN1CCN(CCOc2cccc(C=CC#N)c2)CC1)c1ccccc1. The molecule has 1 aliphatic heterocycles. The molecule has 5 nitrogen and oxygen atoms in total. The Labute approximate surface area is 204 Å². The number of nitriles is 2. The van der Waals surface area contributed by atoms with Crippen molar-refractivity contribution >= 4 is 6.08 Å². The van der Waals surface area contributed by atoms with E-state index in [9.17, 15) is 5.26 Å². The number of allylic oxidation sites excluding steroid dienone is 1. The Morgan fingerprint density at radius 2 is 1.68 bits per heavy atom. The number of rotatable bonds is 11. The highest BCUT2D eigenvalue weighted by Gasteiger charge is 2.35. The maximum absolute atomic E-state index is 10.1. The van der Waals surface area contributed by atoms with Crippen LogP contribution in [0.1, 0.15) is 37.8 Å². The van der Waals surface area contributed by atoms with Gasteiger partial charge in [0.25, 0.3) is 0 Å². The normalized spacial score (nSPS) is 16.7. The molecule has 1 heterocycles. The molecule has 1 fully saturated rings. The average molecular weight is 457 g/mol. The number of hydrogen-bond acceptors (Lipinski definition) is 5. The van der Waals surface area contributed by atoms with E-state index in [1.54, 1.807) is 6.08 Å². The molecule has 1 atom stereocenters. The van der Waals surface area contributed by atoms with E-state index in [0.717, 1.165) is 69.0 Å². The summed E-state index contributed by atoms with van der Waals surface area (Å²) in [5, 5.41) is 18.8. The maximum atomic E-state index is 10.1. The minimum Gasteiger partial charge on any atom is -0.492 e. The second-order valence-corrected chi connectivity index (χ2v) is 9.27. The smallest absolute Gasteiger partial charge is 0.119 e. The lowest BCUT2D eigenvalue weighted by molar-refractivity contribution is 0.114. The maximum Gasteiger partial charge on any atom is 0.119 e. The first-order chi connectivity index (χ1) is 16.6. The van der Waals surface area contributed by atoms with Gasteiger partial charge in [-0.25, -0.2) is 0 Å². The molecule has 5 heteroatoms. The van der Waals surface area contributed by atoms with Crippen molar-refractivity contribution in [1.82, 2.24) is 9.80 Å². The van der Waals surface area contributed by atoms with Gasteiger partial charge >= 0.3 is 0 Å². The van der Waals surface area contributed by atoms with Crippen LogP contribution in [-0.2, 0) is 5.41 Å². The van der Waals surface area contributed by atoms with Crippen molar-refractivity contribution in [3.05, 3.63) is 71.8 Å². The molecule has 1 saturated heterocycles. The van der Waals surface area contributed by atoms with Crippen molar-refractivity contribution in [2.24, 2.45) is 5.92 Å². The van der Waals surface area contributed by atoms with Crippen molar-refractivity contribution in [3.8, 4) is 17.9 Å². The Morgan fingerprint density at radius 3 is 2.32 bits per heavy atom. The molecule has 2 aromatic carbocycles. The van der Waals surface area contributed by atoms with Gasteiger partial charge in [0, 0.05) is 38.8 Å². The average Bonchev–Trinajstić information content (AvgIpc) is 2.87. The number of hydrogen-bond donors (Lipinski definition) is 0. The summed E-state index contributed by atoms with van der Waals surface area (Å²) in [5.41, 5.74) is 1.70. The quantitative estimate of drug-likeness (QED) is 0.439. The fourth-order valence-electron chi connectivity index (χ4n) is 4.70. The fraction of sp³-hybridized carbons (Fsp3) is 0.448. The van der Waals surface area contributed by atoms with Gasteiger partial charge in [-0.1, -0.05) is 56.3 Å². The minimum atomic E-state index is -0.415. The van der Waals surface area contributed by atoms with Crippen molar-refractivity contribution in [3.63, 3.8) is 0 Å². The topological polar surface area (TPSA) is 63.3 Å². The molecule has 0 aromatic heterocycles. The van der Waals surface area contributed by atoms with Crippen molar-refractivity contribution in [2.75, 3.05) is 45.9 Å². The Hall–Kier alpha value is -3.12. The standard InChI is InChI=1S/C29H36N4O/c1-25(2)29(24-31,27-11-4-3-5-12-27)14-8-16-32-17-19-33(20-18-32)21-22-34-28-13-6-9-26(23-28)10-7-15-30/h3-7,9-13,23,25H,8,14,16-22H2,1-2H3. The third-order valence-electron chi connectivity index (χ3n) is 6.87. The molecule has 0 saturated carbocycles. The van der Waals surface area contributed by atoms with Crippen LogP contribution in [0.3, 0.4) is 0 Å². The van der Waals surface area contributed by atoms with E-state index < -0.39 is 5.41 Å². The van der Waals surface area contributed by atoms with Crippen LogP contribution < -0.4 is 4.74 Å². The number of benzene rings is 2. The van der Waals surface area contributed by atoms with Gasteiger partial charge < -0.3 is 9.64 Å². The van der Waals surface area contributed by atoms with E-state index >= 15 is 0 Å². The van der Waals surface area contributed by atoms with Crippen LogP contribution in [0.2, 0.25) is 0 Å². The lowest BCUT2D eigenvalue weighted by Gasteiger charge is -2.36. The zero-order valence-corrected chi connectivity index (χ0v) is 20.5. The van der Waals surface area contributed by atoms with Gasteiger partial charge in [0.15, 0.2) is 0 Å². The van der Waals surface area contributed by atoms with Crippen LogP contribution in [-0.4, -0.2) is 55.7 Å². The monoisotopic (exact) mass is 456 g/mol. The Bertz CT molecular complexity index is 997. The first-order valence-electron chi connectivity index (χ1n) is 12.3. The van der Waals surface area contributed by atoms with Gasteiger partial charge in [-0.15, -0.1) is 0 Å². The van der Waals surface area contributed by atoms with Crippen molar-refractivity contribution in [2.45, 2.75) is 32.1 Å². The highest BCUT2D eigenvalue weighted by Crippen LogP contribution is 2.36. The summed E-state index contributed by atoms with van der Waals surface area (Å²) in [5.74, 6) is 1.11. The van der Waals surface area contributed by atoms with E-state index in [1.165, 1.54) is 6.08 Å². The second kappa shape index (κ2) is 12.9. The second-order valence-electron chi connectivity index (χ2n) is 9.27. The predicted molar refractivity (Wildman–Crippen MR) is 137 cm³/mol. The zero-order valence-electron chi connectivity index (χ0n) is 20.5. The van der Waals surface area contributed by atoms with Crippen molar-refractivity contribution < 1.29 is 4.74 Å². The fourth-order valence-corrected chi connectivity index (χ4v) is 4.70. The number of piperazine rings is 1. The molecule has 1 unspecified atom stereocenters. The molecule has 178 valence electrons. The molecular weight excluding hydrogens is 420 g/mol. The Balaban J connectivity index is 1.39. The van der Waals surface area contributed by atoms with Crippen molar-refractivity contribution in [1.29, 1.82) is 10.5 Å². The highest BCUT2D eigenvalue weighted by molar-refractivity contribution is 5.53. The predicted octanol–water partition coefficient (Wildman–Crippen LogP) is 5.12. The first kappa shape index (κ1) is 25.5. The molecule has 1 aliphatic rings. The molecule has 0 amide bonds. The van der Waals surface area contributed by atoms with Gasteiger partial charge in [-0.3, -0.25) is 4.90 Å². The molecule has 0 radical (unpaired) electrons. The molecule has 2 aromatic rings. The summed E-state index contributed by atoms with van der Waals surface area (Å²) in [6.07, 6.45) is 5.18. The Morgan fingerprint density at radius 1 is 0.971 bits per heavy atom. The van der Waals surface area contributed by atoms with Gasteiger partial charge in [0.05, 0.1) is 17.6 Å². The Kier molecular flexibility index (Phi) is 9.71.